The first-order valence-electron chi connectivity index (χ1n) is 6.23. The Bertz CT molecular complexity index is 640. The van der Waals surface area contributed by atoms with E-state index in [2.05, 4.69) is 37.8 Å². The molecule has 1 aromatic heterocycles. The molecule has 20 heavy (non-hydrogen) atoms. The van der Waals surface area contributed by atoms with Crippen molar-refractivity contribution in [3.05, 3.63) is 53.0 Å². The van der Waals surface area contributed by atoms with Gasteiger partial charge in [-0.15, -0.1) is 0 Å². The molecule has 0 radical (unpaired) electrons. The smallest absolute Gasteiger partial charge is 0.196 e. The van der Waals surface area contributed by atoms with Crippen LogP contribution in [0.5, 0.6) is 0 Å². The molecule has 3 rings (SSSR count). The van der Waals surface area contributed by atoms with Crippen molar-refractivity contribution in [1.82, 2.24) is 9.97 Å². The molecule has 2 heterocycles. The summed E-state index contributed by atoms with van der Waals surface area (Å²) >= 11 is 3.44. The van der Waals surface area contributed by atoms with Crippen LogP contribution in [0.1, 0.15) is 12.6 Å². The predicted octanol–water partition coefficient (Wildman–Crippen LogP) is 2.29. The standard InChI is InChI=1S/C14H14BrN5/c1-14(12-8-17-6-7-18-12)9-19-13(16)20(14)11-4-2-10(15)3-5-11/h2-8H,9H2,1H3,(H2,16,19). The van der Waals surface area contributed by atoms with Gasteiger partial charge in [0.2, 0.25) is 0 Å². The van der Waals surface area contributed by atoms with Gasteiger partial charge in [-0.1, -0.05) is 15.9 Å². The van der Waals surface area contributed by atoms with Gasteiger partial charge in [0.25, 0.3) is 0 Å². The molecule has 1 unspecified atom stereocenters. The average Bonchev–Trinajstić information content (AvgIpc) is 2.78. The van der Waals surface area contributed by atoms with Gasteiger partial charge in [-0.05, 0) is 31.2 Å². The van der Waals surface area contributed by atoms with Crippen LogP contribution in [0.4, 0.5) is 5.69 Å². The third-order valence-corrected chi connectivity index (χ3v) is 4.00. The Morgan fingerprint density at radius 2 is 2.00 bits per heavy atom. The highest BCUT2D eigenvalue weighted by atomic mass is 79.9. The van der Waals surface area contributed by atoms with Gasteiger partial charge in [-0.25, -0.2) is 0 Å². The molecular weight excluding hydrogens is 318 g/mol. The summed E-state index contributed by atoms with van der Waals surface area (Å²) in [5, 5.41) is 0. The molecular formula is C14H14BrN5. The SMILES string of the molecule is CC1(c2cnccn2)CN=C(N)N1c1ccc(Br)cc1. The van der Waals surface area contributed by atoms with Gasteiger partial charge in [0, 0.05) is 22.6 Å². The van der Waals surface area contributed by atoms with E-state index in [1.54, 1.807) is 18.6 Å². The van der Waals surface area contributed by atoms with Crippen molar-refractivity contribution in [2.24, 2.45) is 10.7 Å². The van der Waals surface area contributed by atoms with Crippen molar-refractivity contribution in [2.75, 3.05) is 11.4 Å². The minimum absolute atomic E-state index is 0.411. The predicted molar refractivity (Wildman–Crippen MR) is 82.5 cm³/mol. The molecule has 0 fully saturated rings. The number of aromatic nitrogens is 2. The molecule has 102 valence electrons. The molecule has 0 spiro atoms. The maximum absolute atomic E-state index is 6.08. The van der Waals surface area contributed by atoms with E-state index < -0.39 is 5.54 Å². The normalized spacial score (nSPS) is 21.9. The Kier molecular flexibility index (Phi) is 3.17. The van der Waals surface area contributed by atoms with E-state index in [4.69, 9.17) is 5.73 Å². The van der Waals surface area contributed by atoms with E-state index in [-0.39, 0.29) is 0 Å². The van der Waals surface area contributed by atoms with Crippen molar-refractivity contribution < 1.29 is 0 Å². The first-order chi connectivity index (χ1) is 9.61. The topological polar surface area (TPSA) is 67.4 Å². The summed E-state index contributed by atoms with van der Waals surface area (Å²) in [4.78, 5) is 15.0. The van der Waals surface area contributed by atoms with Gasteiger partial charge < -0.3 is 5.73 Å². The summed E-state index contributed by atoms with van der Waals surface area (Å²) in [6, 6.07) is 7.98. The fourth-order valence-electron chi connectivity index (χ4n) is 2.41. The highest BCUT2D eigenvalue weighted by Crippen LogP contribution is 2.35. The van der Waals surface area contributed by atoms with E-state index in [0.29, 0.717) is 12.5 Å². The maximum Gasteiger partial charge on any atom is 0.196 e. The van der Waals surface area contributed by atoms with E-state index in [9.17, 15) is 0 Å². The van der Waals surface area contributed by atoms with Crippen molar-refractivity contribution in [3.8, 4) is 0 Å². The Labute approximate surface area is 125 Å². The van der Waals surface area contributed by atoms with Crippen LogP contribution < -0.4 is 10.6 Å². The number of benzene rings is 1. The Balaban J connectivity index is 2.06. The summed E-state index contributed by atoms with van der Waals surface area (Å²) < 4.78 is 1.03. The largest absolute Gasteiger partial charge is 0.369 e. The molecule has 0 aliphatic carbocycles. The number of anilines is 1. The minimum Gasteiger partial charge on any atom is -0.369 e. The number of halogens is 1. The molecule has 0 saturated carbocycles. The number of hydrogen-bond acceptors (Lipinski definition) is 5. The lowest BCUT2D eigenvalue weighted by molar-refractivity contribution is 0.513. The number of rotatable bonds is 2. The Morgan fingerprint density at radius 3 is 2.65 bits per heavy atom. The van der Waals surface area contributed by atoms with Gasteiger partial charge in [0.05, 0.1) is 18.4 Å². The van der Waals surface area contributed by atoms with Crippen molar-refractivity contribution >= 4 is 27.6 Å². The van der Waals surface area contributed by atoms with Crippen LogP contribution in [0.3, 0.4) is 0 Å². The fraction of sp³-hybridized carbons (Fsp3) is 0.214. The molecule has 1 aromatic carbocycles. The lowest BCUT2D eigenvalue weighted by atomic mass is 9.96. The molecule has 1 aliphatic heterocycles. The van der Waals surface area contributed by atoms with Crippen LogP contribution in [0.25, 0.3) is 0 Å². The van der Waals surface area contributed by atoms with Crippen molar-refractivity contribution in [3.63, 3.8) is 0 Å². The second-order valence-corrected chi connectivity index (χ2v) is 5.77. The average molecular weight is 332 g/mol. The van der Waals surface area contributed by atoms with Crippen LogP contribution in [-0.4, -0.2) is 22.5 Å². The van der Waals surface area contributed by atoms with E-state index in [1.165, 1.54) is 0 Å². The van der Waals surface area contributed by atoms with Gasteiger partial charge in [-0.3, -0.25) is 19.9 Å². The minimum atomic E-state index is -0.411. The van der Waals surface area contributed by atoms with Crippen molar-refractivity contribution in [2.45, 2.75) is 12.5 Å². The van der Waals surface area contributed by atoms with E-state index in [1.807, 2.05) is 29.2 Å². The summed E-state index contributed by atoms with van der Waals surface area (Å²) in [5.41, 5.74) is 7.51. The monoisotopic (exact) mass is 331 g/mol. The lowest BCUT2D eigenvalue weighted by Crippen LogP contribution is -2.48. The van der Waals surface area contributed by atoms with Crippen LogP contribution in [0.15, 0.2) is 52.3 Å². The molecule has 0 amide bonds. The third-order valence-electron chi connectivity index (χ3n) is 3.47. The van der Waals surface area contributed by atoms with Crippen molar-refractivity contribution in [1.29, 1.82) is 0 Å². The number of nitrogens with zero attached hydrogens (tertiary/aromatic N) is 4. The molecule has 0 bridgehead atoms. The summed E-state index contributed by atoms with van der Waals surface area (Å²) in [6.07, 6.45) is 5.12. The first-order valence-corrected chi connectivity index (χ1v) is 7.03. The number of guanidine groups is 1. The third kappa shape index (κ3) is 2.06. The van der Waals surface area contributed by atoms with Crippen LogP contribution >= 0.6 is 15.9 Å². The zero-order chi connectivity index (χ0) is 14.2. The quantitative estimate of drug-likeness (QED) is 0.916. The second kappa shape index (κ2) is 4.86. The number of hydrogen-bond donors (Lipinski definition) is 1. The molecule has 5 nitrogen and oxygen atoms in total. The number of nitrogens with two attached hydrogens (primary N) is 1. The van der Waals surface area contributed by atoms with Crippen LogP contribution in [-0.2, 0) is 5.54 Å². The highest BCUT2D eigenvalue weighted by molar-refractivity contribution is 9.10. The fourth-order valence-corrected chi connectivity index (χ4v) is 2.67. The molecule has 1 atom stereocenters. The van der Waals surface area contributed by atoms with E-state index >= 15 is 0 Å². The summed E-state index contributed by atoms with van der Waals surface area (Å²) in [6.45, 7) is 2.63. The van der Waals surface area contributed by atoms with E-state index in [0.717, 1.165) is 15.9 Å². The molecule has 0 saturated heterocycles. The molecule has 1 aliphatic rings. The summed E-state index contributed by atoms with van der Waals surface area (Å²) in [7, 11) is 0. The Hall–Kier alpha value is -1.95. The zero-order valence-corrected chi connectivity index (χ0v) is 12.6. The molecule has 2 aromatic rings. The zero-order valence-electron chi connectivity index (χ0n) is 11.0. The van der Waals surface area contributed by atoms with Gasteiger partial charge >= 0.3 is 0 Å². The Morgan fingerprint density at radius 1 is 1.25 bits per heavy atom. The van der Waals surface area contributed by atoms with Crippen LogP contribution in [0.2, 0.25) is 0 Å². The summed E-state index contributed by atoms with van der Waals surface area (Å²) in [5.74, 6) is 0.500. The second-order valence-electron chi connectivity index (χ2n) is 4.85. The number of aliphatic imine (C=N–C) groups is 1. The lowest BCUT2D eigenvalue weighted by Gasteiger charge is -2.35. The van der Waals surface area contributed by atoms with Gasteiger partial charge in [-0.2, -0.15) is 0 Å². The first kappa shape index (κ1) is 13.1. The van der Waals surface area contributed by atoms with Crippen LogP contribution in [0, 0.1) is 0 Å². The van der Waals surface area contributed by atoms with Gasteiger partial charge in [0.15, 0.2) is 5.96 Å². The molecule has 2 N–H and O–H groups in total. The van der Waals surface area contributed by atoms with Gasteiger partial charge in [0.1, 0.15) is 5.54 Å². The highest BCUT2D eigenvalue weighted by Gasteiger charge is 2.41. The maximum atomic E-state index is 6.08. The molecule has 6 heteroatoms.